The van der Waals surface area contributed by atoms with E-state index in [0.717, 1.165) is 17.5 Å². The van der Waals surface area contributed by atoms with Crippen molar-refractivity contribution in [2.75, 3.05) is 17.7 Å². The van der Waals surface area contributed by atoms with Crippen LogP contribution in [-0.2, 0) is 30.6 Å². The van der Waals surface area contributed by atoms with Gasteiger partial charge < -0.3 is 10.1 Å². The Morgan fingerprint density at radius 1 is 1.07 bits per heavy atom. The van der Waals surface area contributed by atoms with Crippen molar-refractivity contribution in [3.8, 4) is 0 Å². The van der Waals surface area contributed by atoms with Gasteiger partial charge in [-0.2, -0.15) is 0 Å². The standard InChI is InChI=1S/C20H23NO5S/c1-3-16-5-4-6-17(13-16)21-19(22)14-26-20(23)11-12-27(24,25)18-9-7-15(2)8-10-18/h4-10,13H,3,11-12,14H2,1-2H3,(H,21,22). The van der Waals surface area contributed by atoms with E-state index in [1.165, 1.54) is 12.1 Å². The lowest BCUT2D eigenvalue weighted by Gasteiger charge is -2.08. The Labute approximate surface area is 159 Å². The minimum absolute atomic E-state index is 0.162. The van der Waals surface area contributed by atoms with Gasteiger partial charge in [-0.1, -0.05) is 36.8 Å². The van der Waals surface area contributed by atoms with Crippen molar-refractivity contribution in [1.82, 2.24) is 0 Å². The van der Waals surface area contributed by atoms with Crippen LogP contribution in [0.3, 0.4) is 0 Å². The Morgan fingerprint density at radius 2 is 1.78 bits per heavy atom. The average molecular weight is 389 g/mol. The highest BCUT2D eigenvalue weighted by Crippen LogP contribution is 2.13. The second-order valence-corrected chi connectivity index (χ2v) is 8.25. The van der Waals surface area contributed by atoms with E-state index in [2.05, 4.69) is 5.32 Å². The molecule has 0 aliphatic carbocycles. The molecule has 7 heteroatoms. The van der Waals surface area contributed by atoms with Crippen molar-refractivity contribution < 1.29 is 22.7 Å². The number of carbonyl (C=O) groups is 2. The lowest BCUT2D eigenvalue weighted by atomic mass is 10.1. The fourth-order valence-electron chi connectivity index (χ4n) is 2.37. The largest absolute Gasteiger partial charge is 0.456 e. The summed E-state index contributed by atoms with van der Waals surface area (Å²) in [5.74, 6) is -1.57. The summed E-state index contributed by atoms with van der Waals surface area (Å²) >= 11 is 0. The summed E-state index contributed by atoms with van der Waals surface area (Å²) in [6, 6.07) is 13.8. The molecule has 144 valence electrons. The minimum Gasteiger partial charge on any atom is -0.456 e. The van der Waals surface area contributed by atoms with Crippen molar-refractivity contribution in [2.24, 2.45) is 0 Å². The third kappa shape index (κ3) is 6.53. The molecular formula is C20H23NO5S. The third-order valence-electron chi connectivity index (χ3n) is 3.94. The molecule has 0 saturated carbocycles. The zero-order chi connectivity index (χ0) is 19.9. The molecule has 2 rings (SSSR count). The van der Waals surface area contributed by atoms with E-state index in [1.807, 2.05) is 32.0 Å². The maximum absolute atomic E-state index is 12.2. The van der Waals surface area contributed by atoms with Crippen LogP contribution in [0, 0.1) is 6.92 Å². The van der Waals surface area contributed by atoms with E-state index < -0.39 is 28.3 Å². The molecule has 0 atom stereocenters. The van der Waals surface area contributed by atoms with Crippen LogP contribution in [0.4, 0.5) is 5.69 Å². The summed E-state index contributed by atoms with van der Waals surface area (Å²) in [5, 5.41) is 2.64. The lowest BCUT2D eigenvalue weighted by Crippen LogP contribution is -2.22. The first-order chi connectivity index (χ1) is 12.8. The second kappa shape index (κ2) is 9.32. The van der Waals surface area contributed by atoms with E-state index >= 15 is 0 Å². The van der Waals surface area contributed by atoms with E-state index in [0.29, 0.717) is 5.69 Å². The molecule has 0 fully saturated rings. The Morgan fingerprint density at radius 3 is 2.44 bits per heavy atom. The number of benzene rings is 2. The Balaban J connectivity index is 1.80. The molecular weight excluding hydrogens is 366 g/mol. The maximum Gasteiger partial charge on any atom is 0.307 e. The van der Waals surface area contributed by atoms with Gasteiger partial charge in [0.1, 0.15) is 0 Å². The average Bonchev–Trinajstić information content (AvgIpc) is 2.65. The van der Waals surface area contributed by atoms with Crippen LogP contribution < -0.4 is 5.32 Å². The van der Waals surface area contributed by atoms with E-state index in [1.54, 1.807) is 18.2 Å². The molecule has 0 radical (unpaired) electrons. The van der Waals surface area contributed by atoms with Crippen molar-refractivity contribution >= 4 is 27.4 Å². The van der Waals surface area contributed by atoms with Gasteiger partial charge >= 0.3 is 5.97 Å². The number of anilines is 1. The number of rotatable bonds is 8. The van der Waals surface area contributed by atoms with Gasteiger partial charge in [-0.05, 0) is 43.2 Å². The molecule has 0 bridgehead atoms. The Bertz CT molecular complexity index is 904. The number of sulfone groups is 1. The van der Waals surface area contributed by atoms with Crippen molar-refractivity contribution in [3.63, 3.8) is 0 Å². The lowest BCUT2D eigenvalue weighted by molar-refractivity contribution is -0.146. The van der Waals surface area contributed by atoms with Gasteiger partial charge in [0.25, 0.3) is 5.91 Å². The zero-order valence-electron chi connectivity index (χ0n) is 15.4. The van der Waals surface area contributed by atoms with Crippen LogP contribution >= 0.6 is 0 Å². The van der Waals surface area contributed by atoms with Crippen molar-refractivity contribution in [3.05, 3.63) is 59.7 Å². The summed E-state index contributed by atoms with van der Waals surface area (Å²) in [6.07, 6.45) is 0.531. The monoisotopic (exact) mass is 389 g/mol. The number of esters is 1. The summed E-state index contributed by atoms with van der Waals surface area (Å²) < 4.78 is 29.3. The zero-order valence-corrected chi connectivity index (χ0v) is 16.2. The normalized spacial score (nSPS) is 11.0. The molecule has 0 saturated heterocycles. The molecule has 0 spiro atoms. The molecule has 0 unspecified atom stereocenters. The molecule has 27 heavy (non-hydrogen) atoms. The van der Waals surface area contributed by atoms with Crippen LogP contribution in [0.25, 0.3) is 0 Å². The summed E-state index contributed by atoms with van der Waals surface area (Å²) in [5.41, 5.74) is 2.65. The Kier molecular flexibility index (Phi) is 7.12. The third-order valence-corrected chi connectivity index (χ3v) is 5.67. The summed E-state index contributed by atoms with van der Waals surface area (Å²) in [4.78, 5) is 23.8. The van der Waals surface area contributed by atoms with Gasteiger partial charge in [-0.25, -0.2) is 8.42 Å². The fraction of sp³-hybridized carbons (Fsp3) is 0.300. The van der Waals surface area contributed by atoms with E-state index in [4.69, 9.17) is 4.74 Å². The molecule has 2 aromatic rings. The van der Waals surface area contributed by atoms with Gasteiger partial charge in [-0.3, -0.25) is 9.59 Å². The van der Waals surface area contributed by atoms with Crippen molar-refractivity contribution in [2.45, 2.75) is 31.6 Å². The number of ether oxygens (including phenoxy) is 1. The molecule has 1 amide bonds. The van der Waals surface area contributed by atoms with Crippen molar-refractivity contribution in [1.29, 1.82) is 0 Å². The molecule has 0 heterocycles. The number of nitrogens with one attached hydrogen (secondary N) is 1. The van der Waals surface area contributed by atoms with Crippen LogP contribution in [0.15, 0.2) is 53.4 Å². The molecule has 2 aromatic carbocycles. The van der Waals surface area contributed by atoms with Gasteiger partial charge in [0, 0.05) is 5.69 Å². The molecule has 0 aliphatic heterocycles. The SMILES string of the molecule is CCc1cccc(NC(=O)COC(=O)CCS(=O)(=O)c2ccc(C)cc2)c1. The number of aryl methyl sites for hydroxylation is 2. The number of amides is 1. The van der Waals surface area contributed by atoms with Gasteiger partial charge in [0.05, 0.1) is 17.1 Å². The topological polar surface area (TPSA) is 89.5 Å². The minimum atomic E-state index is -3.57. The number of hydrogen-bond donors (Lipinski definition) is 1. The second-order valence-electron chi connectivity index (χ2n) is 6.14. The first kappa shape index (κ1) is 20.6. The first-order valence-corrected chi connectivity index (χ1v) is 10.3. The van der Waals surface area contributed by atoms with Gasteiger partial charge in [-0.15, -0.1) is 0 Å². The van der Waals surface area contributed by atoms with Crippen LogP contribution in [-0.4, -0.2) is 32.7 Å². The highest BCUT2D eigenvalue weighted by atomic mass is 32.2. The highest BCUT2D eigenvalue weighted by molar-refractivity contribution is 7.91. The number of hydrogen-bond acceptors (Lipinski definition) is 5. The molecule has 1 N–H and O–H groups in total. The van der Waals surface area contributed by atoms with Gasteiger partial charge in [0.2, 0.25) is 0 Å². The van der Waals surface area contributed by atoms with Crippen LogP contribution in [0.2, 0.25) is 0 Å². The first-order valence-electron chi connectivity index (χ1n) is 8.64. The number of carbonyl (C=O) groups excluding carboxylic acids is 2. The smallest absolute Gasteiger partial charge is 0.307 e. The van der Waals surface area contributed by atoms with E-state index in [-0.39, 0.29) is 17.1 Å². The quantitative estimate of drug-likeness (QED) is 0.701. The fourth-order valence-corrected chi connectivity index (χ4v) is 3.59. The Hall–Kier alpha value is -2.67. The summed E-state index contributed by atoms with van der Waals surface area (Å²) in [7, 11) is -3.57. The maximum atomic E-state index is 12.2. The van der Waals surface area contributed by atoms with E-state index in [9.17, 15) is 18.0 Å². The summed E-state index contributed by atoms with van der Waals surface area (Å²) in [6.45, 7) is 3.41. The molecule has 0 aliphatic rings. The molecule has 6 nitrogen and oxygen atoms in total. The van der Waals surface area contributed by atoms with Crippen LogP contribution in [0.1, 0.15) is 24.5 Å². The predicted octanol–water partition coefficient (Wildman–Crippen LogP) is 2.90. The van der Waals surface area contributed by atoms with Gasteiger partial charge in [0.15, 0.2) is 16.4 Å². The molecule has 0 aromatic heterocycles. The van der Waals surface area contributed by atoms with Crippen LogP contribution in [0.5, 0.6) is 0 Å². The predicted molar refractivity (Wildman–Crippen MR) is 103 cm³/mol. The highest BCUT2D eigenvalue weighted by Gasteiger charge is 2.17.